The molecule has 0 atom stereocenters. The predicted molar refractivity (Wildman–Crippen MR) is 120 cm³/mol. The Balaban J connectivity index is 0.00000140. The second-order valence-electron chi connectivity index (χ2n) is 7.42. The SMILES string of the molecule is CN1CCN(CC(=O)N2CCN(Cc3ccc4c(c3)OCO4)CC2)CC1.Cl.Cl.Cl. The van der Waals surface area contributed by atoms with E-state index in [-0.39, 0.29) is 43.1 Å². The van der Waals surface area contributed by atoms with Crippen LogP contribution in [-0.4, -0.2) is 98.3 Å². The highest BCUT2D eigenvalue weighted by atomic mass is 35.5. The van der Waals surface area contributed by atoms with Crippen LogP contribution in [0.25, 0.3) is 0 Å². The number of hydrogen-bond donors (Lipinski definition) is 0. The van der Waals surface area contributed by atoms with Crippen molar-refractivity contribution < 1.29 is 14.3 Å². The summed E-state index contributed by atoms with van der Waals surface area (Å²) in [4.78, 5) is 21.6. The minimum absolute atomic E-state index is 0. The molecule has 3 aliphatic rings. The molecule has 0 aliphatic carbocycles. The molecule has 0 saturated carbocycles. The summed E-state index contributed by atoms with van der Waals surface area (Å²) in [6.45, 7) is 9.33. The number of amides is 1. The molecule has 0 unspecified atom stereocenters. The van der Waals surface area contributed by atoms with Crippen LogP contribution in [0.3, 0.4) is 0 Å². The van der Waals surface area contributed by atoms with Crippen LogP contribution in [0.4, 0.5) is 0 Å². The lowest BCUT2D eigenvalue weighted by molar-refractivity contribution is -0.134. The Morgan fingerprint density at radius 2 is 1.48 bits per heavy atom. The second-order valence-corrected chi connectivity index (χ2v) is 7.42. The minimum atomic E-state index is 0. The summed E-state index contributed by atoms with van der Waals surface area (Å²) >= 11 is 0. The third-order valence-corrected chi connectivity index (χ3v) is 5.52. The number of hydrogen-bond acceptors (Lipinski definition) is 6. The van der Waals surface area contributed by atoms with Crippen molar-refractivity contribution >= 4 is 43.1 Å². The molecular weight excluding hydrogens is 439 g/mol. The van der Waals surface area contributed by atoms with Crippen LogP contribution in [0, 0.1) is 0 Å². The number of likely N-dealkylation sites (N-methyl/N-ethyl adjacent to an activating group) is 1. The highest BCUT2D eigenvalue weighted by Gasteiger charge is 2.24. The van der Waals surface area contributed by atoms with E-state index in [0.717, 1.165) is 70.4 Å². The topological polar surface area (TPSA) is 48.5 Å². The normalized spacial score (nSPS) is 19.7. The average molecular weight is 470 g/mol. The van der Waals surface area contributed by atoms with Crippen LogP contribution in [0.1, 0.15) is 5.56 Å². The number of nitrogens with zero attached hydrogens (tertiary/aromatic N) is 4. The molecule has 2 saturated heterocycles. The van der Waals surface area contributed by atoms with E-state index in [1.807, 2.05) is 11.0 Å². The van der Waals surface area contributed by atoms with Gasteiger partial charge in [-0.25, -0.2) is 0 Å². The van der Waals surface area contributed by atoms with Crippen LogP contribution in [0.15, 0.2) is 18.2 Å². The molecule has 2 fully saturated rings. The van der Waals surface area contributed by atoms with Gasteiger partial charge >= 0.3 is 0 Å². The van der Waals surface area contributed by atoms with Crippen molar-refractivity contribution in [3.05, 3.63) is 23.8 Å². The Hall–Kier alpha value is -0.960. The molecule has 4 rings (SSSR count). The van der Waals surface area contributed by atoms with Crippen LogP contribution < -0.4 is 9.47 Å². The first kappa shape index (κ1) is 26.1. The summed E-state index contributed by atoms with van der Waals surface area (Å²) in [5.74, 6) is 1.94. The fourth-order valence-electron chi connectivity index (χ4n) is 3.75. The van der Waals surface area contributed by atoms with Gasteiger partial charge in [-0.2, -0.15) is 0 Å². The van der Waals surface area contributed by atoms with Gasteiger partial charge in [0.2, 0.25) is 12.7 Å². The van der Waals surface area contributed by atoms with Gasteiger partial charge in [0, 0.05) is 58.9 Å². The number of ether oxygens (including phenoxy) is 2. The predicted octanol–water partition coefficient (Wildman–Crippen LogP) is 1.57. The van der Waals surface area contributed by atoms with Crippen molar-refractivity contribution in [2.75, 3.05) is 72.7 Å². The molecule has 0 bridgehead atoms. The zero-order valence-electron chi connectivity index (χ0n) is 16.7. The molecule has 1 aromatic rings. The quantitative estimate of drug-likeness (QED) is 0.667. The number of fused-ring (bicyclic) bond motifs is 1. The molecule has 3 heterocycles. The first-order chi connectivity index (χ1) is 12.7. The zero-order valence-corrected chi connectivity index (χ0v) is 19.2. The first-order valence-corrected chi connectivity index (χ1v) is 9.47. The first-order valence-electron chi connectivity index (χ1n) is 9.47. The second kappa shape index (κ2) is 12.0. The van der Waals surface area contributed by atoms with Crippen LogP contribution in [-0.2, 0) is 11.3 Å². The standard InChI is InChI=1S/C19H28N4O3.3ClH/c1-20-4-6-22(7-5-20)14-19(24)23-10-8-21(9-11-23)13-16-2-3-17-18(12-16)26-15-25-17;;;/h2-3,12H,4-11,13-15H2,1H3;3*1H. The van der Waals surface area contributed by atoms with Crippen molar-refractivity contribution in [1.29, 1.82) is 0 Å². The fraction of sp³-hybridized carbons (Fsp3) is 0.632. The van der Waals surface area contributed by atoms with E-state index in [4.69, 9.17) is 9.47 Å². The molecular formula is C19H31Cl3N4O3. The highest BCUT2D eigenvalue weighted by Crippen LogP contribution is 2.32. The maximum Gasteiger partial charge on any atom is 0.236 e. The van der Waals surface area contributed by atoms with Crippen molar-refractivity contribution in [3.8, 4) is 11.5 Å². The van der Waals surface area contributed by atoms with Gasteiger partial charge in [0.05, 0.1) is 6.54 Å². The number of halogens is 3. The van der Waals surface area contributed by atoms with Gasteiger partial charge in [0.1, 0.15) is 0 Å². The largest absolute Gasteiger partial charge is 0.454 e. The Morgan fingerprint density at radius 1 is 0.862 bits per heavy atom. The van der Waals surface area contributed by atoms with E-state index in [9.17, 15) is 4.79 Å². The van der Waals surface area contributed by atoms with Gasteiger partial charge in [-0.1, -0.05) is 6.07 Å². The van der Waals surface area contributed by atoms with Crippen LogP contribution in [0.5, 0.6) is 11.5 Å². The maximum atomic E-state index is 12.6. The van der Waals surface area contributed by atoms with Crippen molar-refractivity contribution in [1.82, 2.24) is 19.6 Å². The molecule has 7 nitrogen and oxygen atoms in total. The lowest BCUT2D eigenvalue weighted by Gasteiger charge is -2.37. The Kier molecular flexibility index (Phi) is 10.8. The van der Waals surface area contributed by atoms with Crippen molar-refractivity contribution in [2.24, 2.45) is 0 Å². The number of carbonyl (C=O) groups excluding carboxylic acids is 1. The summed E-state index contributed by atoms with van der Waals surface area (Å²) < 4.78 is 10.8. The Labute approximate surface area is 191 Å². The zero-order chi connectivity index (χ0) is 17.9. The van der Waals surface area contributed by atoms with E-state index >= 15 is 0 Å². The van der Waals surface area contributed by atoms with E-state index in [1.165, 1.54) is 5.56 Å². The molecule has 0 aromatic heterocycles. The lowest BCUT2D eigenvalue weighted by atomic mass is 10.1. The van der Waals surface area contributed by atoms with Crippen LogP contribution in [0.2, 0.25) is 0 Å². The molecule has 166 valence electrons. The third kappa shape index (κ3) is 6.77. The summed E-state index contributed by atoms with van der Waals surface area (Å²) in [7, 11) is 2.14. The number of benzene rings is 1. The maximum absolute atomic E-state index is 12.6. The summed E-state index contributed by atoms with van der Waals surface area (Å²) in [6.07, 6.45) is 0. The molecule has 0 radical (unpaired) electrons. The van der Waals surface area contributed by atoms with Gasteiger partial charge in [0.25, 0.3) is 0 Å². The van der Waals surface area contributed by atoms with E-state index in [1.54, 1.807) is 0 Å². The highest BCUT2D eigenvalue weighted by molar-refractivity contribution is 5.86. The lowest BCUT2D eigenvalue weighted by Crippen LogP contribution is -2.53. The molecule has 1 amide bonds. The van der Waals surface area contributed by atoms with Crippen molar-refractivity contribution in [2.45, 2.75) is 6.54 Å². The number of carbonyl (C=O) groups is 1. The average Bonchev–Trinajstić information content (AvgIpc) is 3.12. The molecule has 10 heteroatoms. The summed E-state index contributed by atoms with van der Waals surface area (Å²) in [5, 5.41) is 0. The van der Waals surface area contributed by atoms with Crippen molar-refractivity contribution in [3.63, 3.8) is 0 Å². The van der Waals surface area contributed by atoms with E-state index in [0.29, 0.717) is 13.3 Å². The van der Waals surface area contributed by atoms with Gasteiger partial charge in [-0.3, -0.25) is 14.6 Å². The minimum Gasteiger partial charge on any atom is -0.454 e. The number of rotatable bonds is 4. The third-order valence-electron chi connectivity index (χ3n) is 5.52. The van der Waals surface area contributed by atoms with Gasteiger partial charge in [0.15, 0.2) is 11.5 Å². The van der Waals surface area contributed by atoms with E-state index < -0.39 is 0 Å². The van der Waals surface area contributed by atoms with Crippen LogP contribution >= 0.6 is 37.2 Å². The summed E-state index contributed by atoms with van der Waals surface area (Å²) in [6, 6.07) is 6.14. The monoisotopic (exact) mass is 468 g/mol. The smallest absolute Gasteiger partial charge is 0.236 e. The molecule has 29 heavy (non-hydrogen) atoms. The molecule has 3 aliphatic heterocycles. The Bertz CT molecular complexity index is 652. The van der Waals surface area contributed by atoms with Gasteiger partial charge < -0.3 is 19.3 Å². The molecule has 1 aromatic carbocycles. The van der Waals surface area contributed by atoms with Gasteiger partial charge in [-0.05, 0) is 24.7 Å². The molecule has 0 N–H and O–H groups in total. The van der Waals surface area contributed by atoms with E-state index in [2.05, 4.69) is 33.9 Å². The Morgan fingerprint density at radius 3 is 2.17 bits per heavy atom. The summed E-state index contributed by atoms with van der Waals surface area (Å²) in [5.41, 5.74) is 1.23. The number of piperazine rings is 2. The molecule has 0 spiro atoms. The fourth-order valence-corrected chi connectivity index (χ4v) is 3.75. The van der Waals surface area contributed by atoms with Gasteiger partial charge in [-0.15, -0.1) is 37.2 Å².